The molecule has 130 valence electrons. The highest BCUT2D eigenvalue weighted by molar-refractivity contribution is 5.80. The van der Waals surface area contributed by atoms with Gasteiger partial charge in [-0.1, -0.05) is 18.2 Å². The Labute approximate surface area is 145 Å². The molecule has 2 N–H and O–H groups in total. The summed E-state index contributed by atoms with van der Waals surface area (Å²) >= 11 is 0. The number of piperidine rings is 1. The van der Waals surface area contributed by atoms with Crippen molar-refractivity contribution in [1.29, 1.82) is 0 Å². The van der Waals surface area contributed by atoms with Gasteiger partial charge >= 0.3 is 0 Å². The molecule has 4 nitrogen and oxygen atoms in total. The number of nitrogens with two attached hydrogens (primary N) is 1. The molecule has 2 bridgehead atoms. The van der Waals surface area contributed by atoms with Crippen molar-refractivity contribution < 1.29 is 4.79 Å². The molecule has 2 aliphatic carbocycles. The Balaban J connectivity index is 1.44. The van der Waals surface area contributed by atoms with E-state index >= 15 is 0 Å². The summed E-state index contributed by atoms with van der Waals surface area (Å²) in [6.45, 7) is 2.01. The minimum absolute atomic E-state index is 0.0702. The van der Waals surface area contributed by atoms with Gasteiger partial charge in [0.25, 0.3) is 0 Å². The Kier molecular flexibility index (Phi) is 4.25. The molecule has 24 heavy (non-hydrogen) atoms. The van der Waals surface area contributed by atoms with Crippen LogP contribution in [0.2, 0.25) is 0 Å². The fourth-order valence-corrected chi connectivity index (χ4v) is 5.26. The van der Waals surface area contributed by atoms with Gasteiger partial charge in [0.15, 0.2) is 0 Å². The number of likely N-dealkylation sites (N-methyl/N-ethyl adjacent to an activating group) is 1. The molecule has 1 amide bonds. The van der Waals surface area contributed by atoms with Crippen molar-refractivity contribution >= 4 is 11.6 Å². The number of carbonyl (C=O) groups excluding carboxylic acids is 1. The number of para-hydroxylation sites is 1. The molecule has 3 aliphatic rings. The number of benzene rings is 1. The molecular weight excluding hydrogens is 298 g/mol. The average Bonchev–Trinajstić information content (AvgIpc) is 3.22. The first-order chi connectivity index (χ1) is 11.6. The molecular formula is C20H29N3O. The van der Waals surface area contributed by atoms with Crippen molar-refractivity contribution in [2.75, 3.05) is 25.0 Å². The second-order valence-electron chi connectivity index (χ2n) is 7.96. The Morgan fingerprint density at radius 3 is 2.62 bits per heavy atom. The molecule has 4 heteroatoms. The average molecular weight is 327 g/mol. The molecule has 4 rings (SSSR count). The molecule has 5 atom stereocenters. The Bertz CT molecular complexity index is 588. The van der Waals surface area contributed by atoms with E-state index in [0.717, 1.165) is 25.9 Å². The molecule has 3 fully saturated rings. The second kappa shape index (κ2) is 6.40. The summed E-state index contributed by atoms with van der Waals surface area (Å²) in [5, 5.41) is 0. The maximum atomic E-state index is 13.1. The van der Waals surface area contributed by atoms with Crippen LogP contribution in [0.15, 0.2) is 30.3 Å². The largest absolute Gasteiger partial charge is 0.369 e. The Morgan fingerprint density at radius 2 is 1.92 bits per heavy atom. The summed E-state index contributed by atoms with van der Waals surface area (Å²) in [5.74, 6) is 1.49. The highest BCUT2D eigenvalue weighted by atomic mass is 16.2. The van der Waals surface area contributed by atoms with Gasteiger partial charge in [0, 0.05) is 37.9 Å². The van der Waals surface area contributed by atoms with E-state index < -0.39 is 0 Å². The monoisotopic (exact) mass is 327 g/mol. The van der Waals surface area contributed by atoms with E-state index in [1.165, 1.54) is 24.9 Å². The van der Waals surface area contributed by atoms with E-state index in [0.29, 0.717) is 23.8 Å². The van der Waals surface area contributed by atoms with E-state index in [9.17, 15) is 4.79 Å². The SMILES string of the molecule is CN(C(=O)C1C2CCC(C2)C1N)C1CCCN(c2ccccc2)C1. The fraction of sp³-hybridized carbons (Fsp3) is 0.650. The molecule has 1 aromatic carbocycles. The van der Waals surface area contributed by atoms with Crippen LogP contribution in [0.4, 0.5) is 5.69 Å². The summed E-state index contributed by atoms with van der Waals surface area (Å²) < 4.78 is 0. The molecule has 1 aromatic rings. The molecule has 0 radical (unpaired) electrons. The summed E-state index contributed by atoms with van der Waals surface area (Å²) in [5.41, 5.74) is 7.66. The van der Waals surface area contributed by atoms with Crippen LogP contribution >= 0.6 is 0 Å². The van der Waals surface area contributed by atoms with Gasteiger partial charge in [0.1, 0.15) is 0 Å². The van der Waals surface area contributed by atoms with Gasteiger partial charge in [-0.2, -0.15) is 0 Å². The van der Waals surface area contributed by atoms with Crippen LogP contribution in [0.3, 0.4) is 0 Å². The number of rotatable bonds is 3. The number of amides is 1. The molecule has 1 heterocycles. The zero-order chi connectivity index (χ0) is 16.7. The van der Waals surface area contributed by atoms with Crippen molar-refractivity contribution in [1.82, 2.24) is 4.90 Å². The highest BCUT2D eigenvalue weighted by Crippen LogP contribution is 2.48. The molecule has 0 aromatic heterocycles. The lowest BCUT2D eigenvalue weighted by Crippen LogP contribution is -2.53. The summed E-state index contributed by atoms with van der Waals surface area (Å²) in [4.78, 5) is 17.6. The lowest BCUT2D eigenvalue weighted by Gasteiger charge is -2.41. The van der Waals surface area contributed by atoms with Gasteiger partial charge in [0.05, 0.1) is 5.92 Å². The second-order valence-corrected chi connectivity index (χ2v) is 7.96. The zero-order valence-electron chi connectivity index (χ0n) is 14.6. The predicted octanol–water partition coefficient (Wildman–Crippen LogP) is 2.49. The van der Waals surface area contributed by atoms with Crippen molar-refractivity contribution in [2.45, 2.75) is 44.2 Å². The normalized spacial score (nSPS) is 35.2. The minimum Gasteiger partial charge on any atom is -0.369 e. The molecule has 1 aliphatic heterocycles. The smallest absolute Gasteiger partial charge is 0.227 e. The van der Waals surface area contributed by atoms with Crippen LogP contribution in [0, 0.1) is 17.8 Å². The molecule has 0 spiro atoms. The van der Waals surface area contributed by atoms with E-state index in [-0.39, 0.29) is 12.0 Å². The third kappa shape index (κ3) is 2.71. The quantitative estimate of drug-likeness (QED) is 0.928. The Hall–Kier alpha value is -1.55. The first-order valence-electron chi connectivity index (χ1n) is 9.47. The lowest BCUT2D eigenvalue weighted by molar-refractivity contribution is -0.138. The van der Waals surface area contributed by atoms with Crippen LogP contribution in [0.1, 0.15) is 32.1 Å². The van der Waals surface area contributed by atoms with E-state index in [4.69, 9.17) is 5.73 Å². The highest BCUT2D eigenvalue weighted by Gasteiger charge is 2.50. The van der Waals surface area contributed by atoms with Gasteiger partial charge < -0.3 is 15.5 Å². The standard InChI is InChI=1S/C20H29N3O/c1-22(20(24)18-14-9-10-15(12-14)19(18)21)17-8-5-11-23(13-17)16-6-3-2-4-7-16/h2-4,6-7,14-15,17-19H,5,8-13,21H2,1H3. The Morgan fingerprint density at radius 1 is 1.17 bits per heavy atom. The number of fused-ring (bicyclic) bond motifs is 2. The first kappa shape index (κ1) is 15.9. The van der Waals surface area contributed by atoms with Gasteiger partial charge in [-0.05, 0) is 56.1 Å². The van der Waals surface area contributed by atoms with Crippen LogP contribution in [0.25, 0.3) is 0 Å². The van der Waals surface area contributed by atoms with Crippen LogP contribution in [-0.4, -0.2) is 43.0 Å². The van der Waals surface area contributed by atoms with Gasteiger partial charge in [0.2, 0.25) is 5.91 Å². The number of hydrogen-bond donors (Lipinski definition) is 1. The third-order valence-electron chi connectivity index (χ3n) is 6.68. The van der Waals surface area contributed by atoms with Crippen LogP contribution in [-0.2, 0) is 4.79 Å². The van der Waals surface area contributed by atoms with Gasteiger partial charge in [-0.25, -0.2) is 0 Å². The van der Waals surface area contributed by atoms with Crippen molar-refractivity contribution in [3.8, 4) is 0 Å². The topological polar surface area (TPSA) is 49.6 Å². The predicted molar refractivity (Wildman–Crippen MR) is 96.7 cm³/mol. The summed E-state index contributed by atoms with van der Waals surface area (Å²) in [6, 6.07) is 10.9. The van der Waals surface area contributed by atoms with Crippen LogP contribution < -0.4 is 10.6 Å². The number of carbonyl (C=O) groups is 1. The minimum atomic E-state index is 0.0702. The number of nitrogens with zero attached hydrogens (tertiary/aromatic N) is 2. The first-order valence-corrected chi connectivity index (χ1v) is 9.47. The van der Waals surface area contributed by atoms with Gasteiger partial charge in [-0.15, -0.1) is 0 Å². The summed E-state index contributed by atoms with van der Waals surface area (Å²) in [6.07, 6.45) is 5.84. The zero-order valence-corrected chi connectivity index (χ0v) is 14.6. The molecule has 5 unspecified atom stereocenters. The summed E-state index contributed by atoms with van der Waals surface area (Å²) in [7, 11) is 2.00. The van der Waals surface area contributed by atoms with Gasteiger partial charge in [-0.3, -0.25) is 4.79 Å². The lowest BCUT2D eigenvalue weighted by atomic mass is 9.83. The fourth-order valence-electron chi connectivity index (χ4n) is 5.26. The van der Waals surface area contributed by atoms with E-state index in [2.05, 4.69) is 35.2 Å². The maximum Gasteiger partial charge on any atom is 0.227 e. The van der Waals surface area contributed by atoms with Crippen molar-refractivity contribution in [3.63, 3.8) is 0 Å². The van der Waals surface area contributed by atoms with E-state index in [1.807, 2.05) is 11.9 Å². The number of hydrogen-bond acceptors (Lipinski definition) is 3. The van der Waals surface area contributed by atoms with Crippen molar-refractivity contribution in [2.24, 2.45) is 23.5 Å². The van der Waals surface area contributed by atoms with E-state index in [1.54, 1.807) is 0 Å². The van der Waals surface area contributed by atoms with Crippen molar-refractivity contribution in [3.05, 3.63) is 30.3 Å². The molecule has 1 saturated heterocycles. The van der Waals surface area contributed by atoms with Crippen LogP contribution in [0.5, 0.6) is 0 Å². The molecule has 2 saturated carbocycles. The number of anilines is 1. The maximum absolute atomic E-state index is 13.1. The third-order valence-corrected chi connectivity index (χ3v) is 6.68.